The number of likely N-dealkylation sites (tertiary alicyclic amines) is 1. The first kappa shape index (κ1) is 38.1. The Morgan fingerprint density at radius 1 is 1.06 bits per heavy atom. The van der Waals surface area contributed by atoms with Crippen LogP contribution in [0.2, 0.25) is 5.02 Å². The van der Waals surface area contributed by atoms with E-state index in [9.17, 15) is 18.4 Å². The smallest absolute Gasteiger partial charge is 0.326 e. The van der Waals surface area contributed by atoms with Gasteiger partial charge < -0.3 is 29.1 Å². The number of aromatic nitrogens is 4. The summed E-state index contributed by atoms with van der Waals surface area (Å²) in [5.41, 5.74) is 3.01. The number of furan rings is 1. The zero-order valence-electron chi connectivity index (χ0n) is 27.9. The predicted molar refractivity (Wildman–Crippen MR) is 185 cm³/mol. The zero-order chi connectivity index (χ0) is 35.5. The number of carbonyl (C=O) groups is 2. The molecule has 260 valence electrons. The summed E-state index contributed by atoms with van der Waals surface area (Å²) in [6.45, 7) is 12.6. The molecule has 48 heavy (non-hydrogen) atoms. The Morgan fingerprint density at radius 3 is 2.35 bits per heavy atom. The van der Waals surface area contributed by atoms with Crippen LogP contribution in [-0.4, -0.2) is 75.5 Å². The van der Waals surface area contributed by atoms with Gasteiger partial charge in [0.25, 0.3) is 6.43 Å². The molecule has 7 rings (SSSR count). The molecule has 2 fully saturated rings. The van der Waals surface area contributed by atoms with Crippen LogP contribution in [0.25, 0.3) is 33.1 Å². The molecule has 0 saturated carbocycles. The van der Waals surface area contributed by atoms with E-state index >= 15 is 0 Å². The average molecular weight is 689 g/mol. The minimum absolute atomic E-state index is 0.0572. The molecule has 2 aromatic carbocycles. The maximum absolute atomic E-state index is 13.1. The Hall–Kier alpha value is -4.36. The second-order valence-electron chi connectivity index (χ2n) is 10.9. The number of piperidine rings is 1. The topological polar surface area (TPSA) is 138 Å². The SMILES string of the molecule is C=O.CC.CC(=O)N1CC[C@H](n2c(=O)[nH]c3cccc(Cl)c32)[C@@H](C)C1.CO.FC(F)c1nc(N2CCCC2)c2oc3ccccc3c2n1. The fourth-order valence-electron chi connectivity index (χ4n) is 6.09. The van der Waals surface area contributed by atoms with Crippen LogP contribution in [0.5, 0.6) is 0 Å². The lowest BCUT2D eigenvalue weighted by Crippen LogP contribution is -2.44. The summed E-state index contributed by atoms with van der Waals surface area (Å²) < 4.78 is 33.8. The Balaban J connectivity index is 0.000000226. The van der Waals surface area contributed by atoms with E-state index in [1.807, 2.05) is 66.8 Å². The molecule has 0 unspecified atom stereocenters. The van der Waals surface area contributed by atoms with Crippen LogP contribution in [-0.2, 0) is 9.59 Å². The van der Waals surface area contributed by atoms with Gasteiger partial charge in [0, 0.05) is 51.6 Å². The van der Waals surface area contributed by atoms with Gasteiger partial charge in [0.1, 0.15) is 17.9 Å². The summed E-state index contributed by atoms with van der Waals surface area (Å²) >= 11 is 6.28. The zero-order valence-corrected chi connectivity index (χ0v) is 28.6. The van der Waals surface area contributed by atoms with Crippen molar-refractivity contribution in [3.63, 3.8) is 0 Å². The second kappa shape index (κ2) is 17.7. The molecule has 1 amide bonds. The van der Waals surface area contributed by atoms with Crippen molar-refractivity contribution in [1.29, 1.82) is 0 Å². The van der Waals surface area contributed by atoms with Crippen molar-refractivity contribution in [2.45, 2.75) is 59.4 Å². The largest absolute Gasteiger partial charge is 0.450 e. The minimum atomic E-state index is -2.69. The molecular formula is C34H43ClF2N6O5. The summed E-state index contributed by atoms with van der Waals surface area (Å²) in [5, 5.41) is 8.32. The number of fused-ring (bicyclic) bond motifs is 4. The third kappa shape index (κ3) is 8.01. The van der Waals surface area contributed by atoms with Gasteiger partial charge in [0.05, 0.1) is 16.1 Å². The van der Waals surface area contributed by atoms with Gasteiger partial charge in [-0.2, -0.15) is 0 Å². The number of hydrogen-bond donors (Lipinski definition) is 2. The van der Waals surface area contributed by atoms with Gasteiger partial charge in [-0.1, -0.05) is 50.6 Å². The number of hydrogen-bond acceptors (Lipinski definition) is 8. The van der Waals surface area contributed by atoms with E-state index in [0.29, 0.717) is 40.6 Å². The van der Waals surface area contributed by atoms with Crippen molar-refractivity contribution in [3.05, 3.63) is 63.8 Å². The van der Waals surface area contributed by atoms with Crippen LogP contribution in [0, 0.1) is 5.92 Å². The summed E-state index contributed by atoms with van der Waals surface area (Å²) in [4.78, 5) is 46.6. The van der Waals surface area contributed by atoms with Crippen molar-refractivity contribution in [2.75, 3.05) is 38.2 Å². The van der Waals surface area contributed by atoms with E-state index in [1.54, 1.807) is 17.6 Å². The molecule has 0 aliphatic carbocycles. The number of aliphatic hydroxyl groups excluding tert-OH is 1. The fraction of sp³-hybridized carbons (Fsp3) is 0.441. The maximum atomic E-state index is 13.1. The molecule has 3 aromatic heterocycles. The van der Waals surface area contributed by atoms with Gasteiger partial charge >= 0.3 is 5.69 Å². The molecule has 14 heteroatoms. The molecule has 0 bridgehead atoms. The third-order valence-corrected chi connectivity index (χ3v) is 8.45. The van der Waals surface area contributed by atoms with Crippen LogP contribution in [0.3, 0.4) is 0 Å². The molecule has 2 atom stereocenters. The first-order valence-electron chi connectivity index (χ1n) is 15.8. The third-order valence-electron chi connectivity index (χ3n) is 8.15. The van der Waals surface area contributed by atoms with Gasteiger partial charge in [0.2, 0.25) is 5.91 Å². The predicted octanol–water partition coefficient (Wildman–Crippen LogP) is 6.78. The lowest BCUT2D eigenvalue weighted by Gasteiger charge is -2.37. The van der Waals surface area contributed by atoms with Crippen LogP contribution in [0.1, 0.15) is 65.2 Å². The Bertz CT molecular complexity index is 1850. The first-order chi connectivity index (χ1) is 23.2. The standard InChI is InChI=1S/C15H18ClN3O2.C15H13F2N3O.C2H6.CH4O.CH2O/c1-9-8-18(10(2)20)7-6-13(9)19-14-11(16)4-3-5-12(14)17-15(19)21;16-13(17)14-18-11-9-5-1-2-6-10(9)21-12(11)15(19-14)20-7-3-4-8-20;3*1-2/h3-5,9,13H,6-8H2,1-2H3,(H,17,21);1-2,5-6,13H,3-4,7-8H2;1-2H3;2H,1H3;1H2/t9-,13-;;;;/m0..../s1. The van der Waals surface area contributed by atoms with Crippen molar-refractivity contribution >= 4 is 63.2 Å². The van der Waals surface area contributed by atoms with Gasteiger partial charge in [-0.05, 0) is 49.4 Å². The van der Waals surface area contributed by atoms with Gasteiger partial charge in [0.15, 0.2) is 17.2 Å². The Labute approximate surface area is 282 Å². The number of para-hydroxylation sites is 2. The second-order valence-corrected chi connectivity index (χ2v) is 11.3. The number of benzene rings is 2. The molecule has 2 aliphatic heterocycles. The van der Waals surface area contributed by atoms with Crippen molar-refractivity contribution < 1.29 is 27.9 Å². The highest BCUT2D eigenvalue weighted by molar-refractivity contribution is 6.35. The number of rotatable bonds is 3. The normalized spacial score (nSPS) is 17.1. The van der Waals surface area contributed by atoms with Crippen LogP contribution in [0.4, 0.5) is 14.6 Å². The molecule has 2 saturated heterocycles. The van der Waals surface area contributed by atoms with E-state index in [0.717, 1.165) is 55.9 Å². The molecular weight excluding hydrogens is 646 g/mol. The van der Waals surface area contributed by atoms with E-state index in [1.165, 1.54) is 0 Å². The van der Waals surface area contributed by atoms with Crippen molar-refractivity contribution in [3.8, 4) is 0 Å². The lowest BCUT2D eigenvalue weighted by atomic mass is 9.93. The Morgan fingerprint density at radius 2 is 1.73 bits per heavy atom. The minimum Gasteiger partial charge on any atom is -0.450 e. The number of carbonyl (C=O) groups excluding carboxylic acids is 2. The summed E-state index contributed by atoms with van der Waals surface area (Å²) in [5.74, 6) is 0.347. The number of aliphatic hydroxyl groups is 1. The number of halogens is 3. The molecule has 11 nitrogen and oxygen atoms in total. The summed E-state index contributed by atoms with van der Waals surface area (Å²) in [7, 11) is 1.00. The quantitative estimate of drug-likeness (QED) is 0.212. The highest BCUT2D eigenvalue weighted by Crippen LogP contribution is 2.36. The summed E-state index contributed by atoms with van der Waals surface area (Å²) in [6, 6.07) is 12.9. The van der Waals surface area contributed by atoms with Gasteiger partial charge in [-0.25, -0.2) is 23.5 Å². The van der Waals surface area contributed by atoms with Gasteiger partial charge in [-0.15, -0.1) is 0 Å². The number of nitrogens with one attached hydrogen (secondary N) is 1. The maximum Gasteiger partial charge on any atom is 0.326 e. The number of nitrogens with zero attached hydrogens (tertiary/aromatic N) is 5. The van der Waals surface area contributed by atoms with Crippen molar-refractivity contribution in [1.82, 2.24) is 24.4 Å². The molecule has 0 radical (unpaired) electrons. The number of amides is 1. The van der Waals surface area contributed by atoms with E-state index < -0.39 is 12.2 Å². The lowest BCUT2D eigenvalue weighted by molar-refractivity contribution is -0.131. The first-order valence-corrected chi connectivity index (χ1v) is 16.2. The molecule has 5 heterocycles. The molecule has 5 aromatic rings. The molecule has 0 spiro atoms. The van der Waals surface area contributed by atoms with Gasteiger partial charge in [-0.3, -0.25) is 9.36 Å². The number of alkyl halides is 2. The number of anilines is 1. The van der Waals surface area contributed by atoms with Crippen LogP contribution < -0.4 is 10.6 Å². The van der Waals surface area contributed by atoms with Crippen molar-refractivity contribution in [2.24, 2.45) is 5.92 Å². The van der Waals surface area contributed by atoms with E-state index in [-0.39, 0.29) is 23.6 Å². The highest BCUT2D eigenvalue weighted by Gasteiger charge is 2.31. The van der Waals surface area contributed by atoms with E-state index in [2.05, 4.69) is 21.9 Å². The number of H-pyrrole nitrogens is 1. The number of aromatic amines is 1. The Kier molecular flexibility index (Phi) is 14.0. The number of imidazole rings is 1. The average Bonchev–Trinajstić information content (AvgIpc) is 3.85. The van der Waals surface area contributed by atoms with Crippen LogP contribution >= 0.6 is 11.6 Å². The van der Waals surface area contributed by atoms with Crippen LogP contribution in [0.15, 0.2) is 51.7 Å². The highest BCUT2D eigenvalue weighted by atomic mass is 35.5. The van der Waals surface area contributed by atoms with E-state index in [4.69, 9.17) is 25.9 Å². The fourth-order valence-corrected chi connectivity index (χ4v) is 6.36. The monoisotopic (exact) mass is 688 g/mol. The summed E-state index contributed by atoms with van der Waals surface area (Å²) in [6.07, 6.45) is 0.147. The molecule has 2 aliphatic rings. The molecule has 2 N–H and O–H groups in total.